The largest absolute Gasteiger partial charge is 0.495 e. The van der Waals surface area contributed by atoms with Crippen LogP contribution in [0.2, 0.25) is 0 Å². The molecular weight excluding hydrogens is 325 g/mol. The van der Waals surface area contributed by atoms with Gasteiger partial charge in [-0.25, -0.2) is 9.67 Å². The van der Waals surface area contributed by atoms with Crippen molar-refractivity contribution in [2.24, 2.45) is 0 Å². The highest BCUT2D eigenvalue weighted by molar-refractivity contribution is 5.69. The first-order chi connectivity index (χ1) is 11.5. The molecule has 6 nitrogen and oxygen atoms in total. The zero-order valence-electron chi connectivity index (χ0n) is 13.1. The molecule has 0 N–H and O–H groups in total. The third-order valence-corrected chi connectivity index (χ3v) is 3.73. The summed E-state index contributed by atoms with van der Waals surface area (Å²) >= 11 is 0. The lowest BCUT2D eigenvalue weighted by Crippen LogP contribution is -2.36. The highest BCUT2D eigenvalue weighted by atomic mass is 19.4. The van der Waals surface area contributed by atoms with Crippen LogP contribution in [0.1, 0.15) is 0 Å². The van der Waals surface area contributed by atoms with E-state index in [1.807, 2.05) is 0 Å². The Bertz CT molecular complexity index is 696. The summed E-state index contributed by atoms with van der Waals surface area (Å²) in [5.41, 5.74) is 1.36. The molecule has 0 aliphatic carbocycles. The Kier molecular flexibility index (Phi) is 4.61. The molecule has 0 radical (unpaired) electrons. The molecule has 2 heterocycles. The zero-order chi connectivity index (χ0) is 17.2. The minimum absolute atomic E-state index is 0.171. The molecule has 0 bridgehead atoms. The Morgan fingerprint density at radius 2 is 2.00 bits per heavy atom. The number of rotatable bonds is 4. The van der Waals surface area contributed by atoms with Crippen LogP contribution in [0, 0.1) is 0 Å². The van der Waals surface area contributed by atoms with Crippen molar-refractivity contribution >= 4 is 5.69 Å². The number of hydrogen-bond donors (Lipinski definition) is 0. The first kappa shape index (κ1) is 16.6. The lowest BCUT2D eigenvalue weighted by Gasteiger charge is -2.30. The van der Waals surface area contributed by atoms with E-state index in [9.17, 15) is 13.2 Å². The predicted molar refractivity (Wildman–Crippen MR) is 81.1 cm³/mol. The predicted octanol–water partition coefficient (Wildman–Crippen LogP) is 2.35. The monoisotopic (exact) mass is 342 g/mol. The fourth-order valence-corrected chi connectivity index (χ4v) is 2.65. The Morgan fingerprint density at radius 3 is 2.67 bits per heavy atom. The number of nitrogens with zero attached hydrogens (tertiary/aromatic N) is 4. The average molecular weight is 342 g/mol. The van der Waals surface area contributed by atoms with Crippen molar-refractivity contribution in [2.45, 2.75) is 12.7 Å². The normalized spacial score (nSPS) is 15.6. The summed E-state index contributed by atoms with van der Waals surface area (Å²) in [6.07, 6.45) is -3.23. The molecule has 2 aromatic rings. The molecule has 1 aromatic heterocycles. The van der Waals surface area contributed by atoms with Gasteiger partial charge in [0, 0.05) is 18.7 Å². The van der Waals surface area contributed by atoms with Crippen molar-refractivity contribution in [1.82, 2.24) is 14.8 Å². The lowest BCUT2D eigenvalue weighted by molar-refractivity contribution is -0.142. The van der Waals surface area contributed by atoms with Gasteiger partial charge in [0.05, 0.1) is 26.0 Å². The zero-order valence-corrected chi connectivity index (χ0v) is 13.1. The maximum atomic E-state index is 12.7. The number of alkyl halides is 3. The number of hydrogen-bond acceptors (Lipinski definition) is 5. The number of aromatic nitrogens is 3. The number of morpholine rings is 1. The quantitative estimate of drug-likeness (QED) is 0.854. The van der Waals surface area contributed by atoms with Crippen LogP contribution >= 0.6 is 0 Å². The van der Waals surface area contributed by atoms with Crippen LogP contribution in [0.25, 0.3) is 11.4 Å². The van der Waals surface area contributed by atoms with E-state index in [4.69, 9.17) is 9.47 Å². The molecule has 0 unspecified atom stereocenters. The highest BCUT2D eigenvalue weighted by Crippen LogP contribution is 2.33. The third-order valence-electron chi connectivity index (χ3n) is 3.73. The second kappa shape index (κ2) is 6.68. The van der Waals surface area contributed by atoms with Gasteiger partial charge in [0.15, 0.2) is 5.82 Å². The molecule has 24 heavy (non-hydrogen) atoms. The van der Waals surface area contributed by atoms with E-state index >= 15 is 0 Å². The van der Waals surface area contributed by atoms with E-state index < -0.39 is 12.7 Å². The Balaban J connectivity index is 1.96. The van der Waals surface area contributed by atoms with Crippen molar-refractivity contribution in [3.63, 3.8) is 0 Å². The van der Waals surface area contributed by atoms with Gasteiger partial charge in [-0.15, -0.1) is 0 Å². The van der Waals surface area contributed by atoms with Crippen LogP contribution in [0.15, 0.2) is 24.5 Å². The molecule has 1 aliphatic rings. The van der Waals surface area contributed by atoms with E-state index in [0.717, 1.165) is 16.7 Å². The first-order valence-electron chi connectivity index (χ1n) is 7.43. The minimum Gasteiger partial charge on any atom is -0.495 e. The highest BCUT2D eigenvalue weighted by Gasteiger charge is 2.30. The van der Waals surface area contributed by atoms with Gasteiger partial charge in [0.1, 0.15) is 18.6 Å². The van der Waals surface area contributed by atoms with Crippen LogP contribution in [-0.4, -0.2) is 54.4 Å². The summed E-state index contributed by atoms with van der Waals surface area (Å²) in [7, 11) is 1.56. The smallest absolute Gasteiger partial charge is 0.408 e. The van der Waals surface area contributed by atoms with Crippen LogP contribution in [0.5, 0.6) is 5.75 Å². The molecular formula is C15H17F3N4O2. The van der Waals surface area contributed by atoms with Gasteiger partial charge >= 0.3 is 6.18 Å². The summed E-state index contributed by atoms with van der Waals surface area (Å²) in [5.74, 6) is 0.826. The van der Waals surface area contributed by atoms with Gasteiger partial charge < -0.3 is 14.4 Å². The van der Waals surface area contributed by atoms with Crippen molar-refractivity contribution in [3.05, 3.63) is 24.5 Å². The molecule has 130 valence electrons. The fraction of sp³-hybridized carbons (Fsp3) is 0.467. The minimum atomic E-state index is -4.36. The number of ether oxygens (including phenoxy) is 2. The Hall–Kier alpha value is -2.29. The second-order valence-corrected chi connectivity index (χ2v) is 5.34. The summed E-state index contributed by atoms with van der Waals surface area (Å²) in [6.45, 7) is 1.39. The molecule has 1 aliphatic heterocycles. The molecule has 0 saturated carbocycles. The fourth-order valence-electron chi connectivity index (χ4n) is 2.65. The van der Waals surface area contributed by atoms with Gasteiger partial charge in [-0.05, 0) is 18.2 Å². The third kappa shape index (κ3) is 3.61. The van der Waals surface area contributed by atoms with Crippen molar-refractivity contribution < 1.29 is 22.6 Å². The van der Waals surface area contributed by atoms with E-state index in [-0.39, 0.29) is 5.82 Å². The molecule has 1 saturated heterocycles. The van der Waals surface area contributed by atoms with E-state index in [0.29, 0.717) is 37.6 Å². The second-order valence-electron chi connectivity index (χ2n) is 5.34. The molecule has 3 rings (SSSR count). The molecule has 0 amide bonds. The van der Waals surface area contributed by atoms with Crippen LogP contribution in [0.4, 0.5) is 18.9 Å². The maximum Gasteiger partial charge on any atom is 0.408 e. The molecule has 9 heteroatoms. The van der Waals surface area contributed by atoms with Crippen molar-refractivity contribution in [3.8, 4) is 17.1 Å². The Labute approximate surface area is 136 Å². The number of halogens is 3. The molecule has 0 spiro atoms. The van der Waals surface area contributed by atoms with Gasteiger partial charge in [-0.1, -0.05) is 0 Å². The molecule has 1 fully saturated rings. The summed E-state index contributed by atoms with van der Waals surface area (Å²) < 4.78 is 49.6. The van der Waals surface area contributed by atoms with Gasteiger partial charge in [-0.2, -0.15) is 18.3 Å². The average Bonchev–Trinajstić information content (AvgIpc) is 3.01. The van der Waals surface area contributed by atoms with Crippen LogP contribution < -0.4 is 9.64 Å². The standard InChI is InChI=1S/C15H17F3N4O2/c1-23-13-3-2-11(8-12(13)21-4-6-24-7-5-21)14-19-10-20-22(14)9-15(16,17)18/h2-3,8,10H,4-7,9H2,1H3. The first-order valence-corrected chi connectivity index (χ1v) is 7.43. The molecule has 1 aromatic carbocycles. The topological polar surface area (TPSA) is 52.4 Å². The molecule has 0 atom stereocenters. The van der Waals surface area contributed by atoms with Crippen molar-refractivity contribution in [1.29, 1.82) is 0 Å². The number of methoxy groups -OCH3 is 1. The van der Waals surface area contributed by atoms with E-state index in [2.05, 4.69) is 15.0 Å². The SMILES string of the molecule is COc1ccc(-c2ncnn2CC(F)(F)F)cc1N1CCOCC1. The van der Waals surface area contributed by atoms with Crippen LogP contribution in [-0.2, 0) is 11.3 Å². The summed E-state index contributed by atoms with van der Waals surface area (Å²) in [6, 6.07) is 5.19. The van der Waals surface area contributed by atoms with Gasteiger partial charge in [0.2, 0.25) is 0 Å². The van der Waals surface area contributed by atoms with Gasteiger partial charge in [-0.3, -0.25) is 0 Å². The summed E-state index contributed by atoms with van der Waals surface area (Å²) in [5, 5.41) is 3.68. The van der Waals surface area contributed by atoms with E-state index in [1.54, 1.807) is 25.3 Å². The lowest BCUT2D eigenvalue weighted by atomic mass is 10.1. The van der Waals surface area contributed by atoms with Crippen LogP contribution in [0.3, 0.4) is 0 Å². The van der Waals surface area contributed by atoms with Crippen molar-refractivity contribution in [2.75, 3.05) is 38.3 Å². The van der Waals surface area contributed by atoms with Gasteiger partial charge in [0.25, 0.3) is 0 Å². The van der Waals surface area contributed by atoms with E-state index in [1.165, 1.54) is 0 Å². The number of anilines is 1. The Morgan fingerprint density at radius 1 is 1.25 bits per heavy atom. The maximum absolute atomic E-state index is 12.7. The number of benzene rings is 1. The summed E-state index contributed by atoms with van der Waals surface area (Å²) in [4.78, 5) is 6.06.